The van der Waals surface area contributed by atoms with E-state index in [9.17, 15) is 10.2 Å². The highest BCUT2D eigenvalue weighted by Crippen LogP contribution is 2.59. The number of rotatable bonds is 5. The van der Waals surface area contributed by atoms with Crippen molar-refractivity contribution in [3.05, 3.63) is 227 Å². The Balaban J connectivity index is 1.45. The van der Waals surface area contributed by atoms with Crippen LogP contribution in [-0.2, 0) is 11.2 Å². The lowest BCUT2D eigenvalue weighted by molar-refractivity contribution is 0.0917. The van der Waals surface area contributed by atoms with Crippen molar-refractivity contribution in [1.82, 2.24) is 0 Å². The summed E-state index contributed by atoms with van der Waals surface area (Å²) in [6, 6.07) is 61.4. The minimum absolute atomic E-state index is 0.656. The van der Waals surface area contributed by atoms with Crippen molar-refractivity contribution in [2.45, 2.75) is 11.2 Å². The van der Waals surface area contributed by atoms with Crippen molar-refractivity contribution in [3.8, 4) is 33.4 Å². The fourth-order valence-corrected chi connectivity index (χ4v) is 8.04. The second-order valence-corrected chi connectivity index (χ2v) is 13.1. The highest BCUT2D eigenvalue weighted by atomic mass is 16.3. The zero-order valence-corrected chi connectivity index (χ0v) is 27.4. The minimum atomic E-state index is -1.66. The summed E-state index contributed by atoms with van der Waals surface area (Å²) in [6.45, 7) is 0. The molecule has 2 N–H and O–H groups in total. The first-order chi connectivity index (χ1) is 24.6. The minimum Gasteiger partial charge on any atom is -0.376 e. The van der Waals surface area contributed by atoms with Crippen LogP contribution in [-0.4, -0.2) is 10.2 Å². The Bertz CT molecular complexity index is 2370. The van der Waals surface area contributed by atoms with Crippen molar-refractivity contribution < 1.29 is 10.2 Å². The zero-order valence-electron chi connectivity index (χ0n) is 27.4. The van der Waals surface area contributed by atoms with Crippen LogP contribution in [0, 0.1) is 0 Å². The van der Waals surface area contributed by atoms with Gasteiger partial charge in [0, 0.05) is 16.7 Å². The summed E-state index contributed by atoms with van der Waals surface area (Å²) in [5, 5.41) is 27.4. The van der Waals surface area contributed by atoms with E-state index >= 15 is 0 Å². The third-order valence-electron chi connectivity index (χ3n) is 10.3. The maximum absolute atomic E-state index is 14.1. The van der Waals surface area contributed by atoms with E-state index in [0.29, 0.717) is 11.1 Å². The van der Waals surface area contributed by atoms with Crippen molar-refractivity contribution in [2.24, 2.45) is 0 Å². The normalized spacial score (nSPS) is 19.0. The molecule has 2 nitrogen and oxygen atoms in total. The van der Waals surface area contributed by atoms with Crippen molar-refractivity contribution in [2.75, 3.05) is 0 Å². The Hall–Kier alpha value is -6.06. The quantitative estimate of drug-likeness (QED) is 0.196. The molecule has 0 heterocycles. The van der Waals surface area contributed by atoms with E-state index < -0.39 is 11.2 Å². The van der Waals surface area contributed by atoms with E-state index in [-0.39, 0.29) is 0 Å². The highest BCUT2D eigenvalue weighted by molar-refractivity contribution is 5.92. The summed E-state index contributed by atoms with van der Waals surface area (Å²) in [4.78, 5) is 0. The van der Waals surface area contributed by atoms with Gasteiger partial charge in [0.05, 0.1) is 0 Å². The Morgan fingerprint density at radius 2 is 0.720 bits per heavy atom. The third kappa shape index (κ3) is 4.58. The van der Waals surface area contributed by atoms with Crippen LogP contribution >= 0.6 is 0 Å². The third-order valence-corrected chi connectivity index (χ3v) is 10.3. The van der Waals surface area contributed by atoms with E-state index in [0.717, 1.165) is 66.8 Å². The molecule has 0 aliphatic heterocycles. The summed E-state index contributed by atoms with van der Waals surface area (Å²) < 4.78 is 0. The second-order valence-electron chi connectivity index (χ2n) is 13.1. The molecule has 0 bridgehead atoms. The monoisotopic (exact) mass is 642 g/mol. The average molecular weight is 643 g/mol. The Morgan fingerprint density at radius 1 is 0.340 bits per heavy atom. The van der Waals surface area contributed by atoms with Gasteiger partial charge in [0.15, 0.2) is 0 Å². The van der Waals surface area contributed by atoms with E-state index in [1.54, 1.807) is 0 Å². The first-order valence-corrected chi connectivity index (χ1v) is 17.1. The summed E-state index contributed by atoms with van der Waals surface area (Å²) >= 11 is 0. The van der Waals surface area contributed by atoms with Gasteiger partial charge in [-0.15, -0.1) is 0 Å². The molecule has 50 heavy (non-hydrogen) atoms. The summed E-state index contributed by atoms with van der Waals surface area (Å²) in [5.41, 5.74) is 8.92. The van der Waals surface area contributed by atoms with Crippen molar-refractivity contribution in [3.63, 3.8) is 0 Å². The lowest BCUT2D eigenvalue weighted by atomic mass is 9.60. The van der Waals surface area contributed by atoms with Crippen molar-refractivity contribution >= 4 is 12.2 Å². The zero-order chi connectivity index (χ0) is 33.7. The topological polar surface area (TPSA) is 40.5 Å². The molecule has 0 saturated carbocycles. The smallest absolute Gasteiger partial charge is 0.142 e. The molecule has 0 radical (unpaired) electrons. The van der Waals surface area contributed by atoms with Gasteiger partial charge in [-0.05, 0) is 85.5 Å². The van der Waals surface area contributed by atoms with Gasteiger partial charge in [0.25, 0.3) is 0 Å². The predicted molar refractivity (Wildman–Crippen MR) is 204 cm³/mol. The summed E-state index contributed by atoms with van der Waals surface area (Å²) in [5.74, 6) is 0. The number of hydrogen-bond donors (Lipinski definition) is 2. The SMILES string of the molecule is OC1(c2ccccc2)C2=Cc3ccccc3C(O)(c3c(-c4ccccc4)cc(-c4ccccc4)cc3-c3ccccc3)C2=Cc2ccccc21. The van der Waals surface area contributed by atoms with Crippen LogP contribution in [0.25, 0.3) is 45.5 Å². The molecule has 0 saturated heterocycles. The Morgan fingerprint density at radius 3 is 1.22 bits per heavy atom. The Kier molecular flexibility index (Phi) is 7.10. The molecule has 2 aliphatic rings. The number of hydrogen-bond acceptors (Lipinski definition) is 2. The van der Waals surface area contributed by atoms with Gasteiger partial charge >= 0.3 is 0 Å². The summed E-state index contributed by atoms with van der Waals surface area (Å²) in [6.07, 6.45) is 4.16. The molecule has 2 heteroatoms. The molecule has 2 aliphatic carbocycles. The van der Waals surface area contributed by atoms with Gasteiger partial charge in [-0.25, -0.2) is 0 Å². The van der Waals surface area contributed by atoms with Gasteiger partial charge in [0.1, 0.15) is 11.2 Å². The molecule has 7 aromatic rings. The second kappa shape index (κ2) is 11.8. The van der Waals surface area contributed by atoms with Crippen LogP contribution in [0.2, 0.25) is 0 Å². The molecule has 7 aromatic carbocycles. The molecular weight excluding hydrogens is 609 g/mol. The number of fused-ring (bicyclic) bond motifs is 3. The molecule has 0 fully saturated rings. The number of aliphatic hydroxyl groups is 2. The maximum atomic E-state index is 14.1. The lowest BCUT2D eigenvalue weighted by Gasteiger charge is -2.47. The summed E-state index contributed by atoms with van der Waals surface area (Å²) in [7, 11) is 0. The van der Waals surface area contributed by atoms with Gasteiger partial charge < -0.3 is 10.2 Å². The van der Waals surface area contributed by atoms with Gasteiger partial charge in [0.2, 0.25) is 0 Å². The fraction of sp³-hybridized carbons (Fsp3) is 0.0417. The molecule has 9 rings (SSSR count). The van der Waals surface area contributed by atoms with Gasteiger partial charge in [-0.1, -0.05) is 170 Å². The molecule has 2 unspecified atom stereocenters. The molecular formula is C48H34O2. The molecule has 238 valence electrons. The van der Waals surface area contributed by atoms with Gasteiger partial charge in [-0.2, -0.15) is 0 Å². The van der Waals surface area contributed by atoms with Crippen LogP contribution < -0.4 is 0 Å². The van der Waals surface area contributed by atoms with Crippen LogP contribution in [0.4, 0.5) is 0 Å². The van der Waals surface area contributed by atoms with Crippen LogP contribution in [0.1, 0.15) is 33.4 Å². The van der Waals surface area contributed by atoms with E-state index in [2.05, 4.69) is 72.8 Å². The van der Waals surface area contributed by atoms with E-state index in [1.165, 1.54) is 0 Å². The van der Waals surface area contributed by atoms with Gasteiger partial charge in [-0.3, -0.25) is 0 Å². The molecule has 0 aromatic heterocycles. The van der Waals surface area contributed by atoms with Crippen LogP contribution in [0.15, 0.2) is 193 Å². The number of benzene rings is 7. The fourth-order valence-electron chi connectivity index (χ4n) is 8.04. The van der Waals surface area contributed by atoms with Crippen LogP contribution in [0.5, 0.6) is 0 Å². The average Bonchev–Trinajstić information content (AvgIpc) is 3.19. The molecule has 0 spiro atoms. The molecule has 2 atom stereocenters. The van der Waals surface area contributed by atoms with Crippen molar-refractivity contribution in [1.29, 1.82) is 0 Å². The lowest BCUT2D eigenvalue weighted by Crippen LogP contribution is -2.43. The first kappa shape index (κ1) is 30.0. The molecule has 0 amide bonds. The predicted octanol–water partition coefficient (Wildman–Crippen LogP) is 10.7. The maximum Gasteiger partial charge on any atom is 0.142 e. The highest BCUT2D eigenvalue weighted by Gasteiger charge is 2.52. The standard InChI is InChI=1S/C48H34O2/c49-47(39-25-11-4-12-26-39)42-27-15-13-23-36(42)32-45-44(47)31-37-24-14-16-28-43(37)48(45,50)46-40(34-19-7-2-8-20-34)29-38(33-17-5-1-6-18-33)30-41(46)35-21-9-3-10-22-35/h1-32,49-50H. The Labute approximate surface area is 292 Å². The largest absolute Gasteiger partial charge is 0.376 e. The van der Waals surface area contributed by atoms with E-state index in [4.69, 9.17) is 0 Å². The van der Waals surface area contributed by atoms with Crippen LogP contribution in [0.3, 0.4) is 0 Å². The first-order valence-electron chi connectivity index (χ1n) is 17.1. The van der Waals surface area contributed by atoms with E-state index in [1.807, 2.05) is 121 Å².